The molecule has 1 N–H and O–H groups in total. The first-order valence-corrected chi connectivity index (χ1v) is 9.60. The molecule has 1 aromatic carbocycles. The summed E-state index contributed by atoms with van der Waals surface area (Å²) in [6.07, 6.45) is 1.34. The minimum Gasteiger partial charge on any atom is -0.497 e. The van der Waals surface area contributed by atoms with Crippen molar-refractivity contribution >= 4 is 17.3 Å². The molecule has 6 heteroatoms. The highest BCUT2D eigenvalue weighted by Gasteiger charge is 2.32. The number of ether oxygens (including phenoxy) is 2. The third-order valence-corrected chi connectivity index (χ3v) is 6.06. The van der Waals surface area contributed by atoms with Crippen LogP contribution in [-0.2, 0) is 4.79 Å². The van der Waals surface area contributed by atoms with Crippen LogP contribution in [0.15, 0.2) is 30.3 Å². The number of piperidine rings is 1. The number of methoxy groups -OCH3 is 2. The molecule has 1 aliphatic rings. The molecule has 0 amide bonds. The minimum atomic E-state index is -0.688. The lowest BCUT2D eigenvalue weighted by Crippen LogP contribution is -2.39. The first-order chi connectivity index (χ1) is 12.5. The Bertz CT molecular complexity index is 765. The van der Waals surface area contributed by atoms with Crippen LogP contribution in [0.4, 0.5) is 0 Å². The van der Waals surface area contributed by atoms with Crippen molar-refractivity contribution in [3.05, 3.63) is 45.6 Å². The summed E-state index contributed by atoms with van der Waals surface area (Å²) in [4.78, 5) is 16.2. The van der Waals surface area contributed by atoms with Gasteiger partial charge in [0, 0.05) is 15.3 Å². The Labute approximate surface area is 158 Å². The van der Waals surface area contributed by atoms with Crippen LogP contribution in [0, 0.1) is 12.8 Å². The second-order valence-corrected chi connectivity index (χ2v) is 7.93. The van der Waals surface area contributed by atoms with Gasteiger partial charge in [-0.15, -0.1) is 11.3 Å². The first kappa shape index (κ1) is 18.7. The van der Waals surface area contributed by atoms with E-state index in [9.17, 15) is 9.90 Å². The molecule has 0 radical (unpaired) electrons. The van der Waals surface area contributed by atoms with E-state index in [1.807, 2.05) is 18.2 Å². The molecule has 2 aromatic rings. The number of hydrogen-bond acceptors (Lipinski definition) is 5. The minimum absolute atomic E-state index is 0.0356. The number of aliphatic carboxylic acids is 1. The maximum absolute atomic E-state index is 11.3. The van der Waals surface area contributed by atoms with Gasteiger partial charge in [0.25, 0.3) is 0 Å². The molecule has 140 valence electrons. The lowest BCUT2D eigenvalue weighted by Gasteiger charge is -2.37. The van der Waals surface area contributed by atoms with E-state index in [0.717, 1.165) is 30.2 Å². The zero-order chi connectivity index (χ0) is 18.7. The Hall–Kier alpha value is -2.05. The van der Waals surface area contributed by atoms with E-state index in [1.54, 1.807) is 25.6 Å². The van der Waals surface area contributed by atoms with Crippen molar-refractivity contribution in [2.24, 2.45) is 5.92 Å². The van der Waals surface area contributed by atoms with E-state index in [4.69, 9.17) is 9.47 Å². The topological polar surface area (TPSA) is 59.0 Å². The number of carbonyl (C=O) groups is 1. The molecule has 0 spiro atoms. The molecule has 1 fully saturated rings. The summed E-state index contributed by atoms with van der Waals surface area (Å²) in [5.41, 5.74) is 1.06. The summed E-state index contributed by atoms with van der Waals surface area (Å²) in [7, 11) is 3.34. The van der Waals surface area contributed by atoms with Gasteiger partial charge in [-0.1, -0.05) is 0 Å². The van der Waals surface area contributed by atoms with Crippen molar-refractivity contribution in [3.8, 4) is 11.5 Å². The van der Waals surface area contributed by atoms with Crippen molar-refractivity contribution < 1.29 is 19.4 Å². The molecule has 1 saturated heterocycles. The Kier molecular flexibility index (Phi) is 5.84. The summed E-state index contributed by atoms with van der Waals surface area (Å²) in [5, 5.41) is 9.30. The molecule has 0 bridgehead atoms. The fourth-order valence-corrected chi connectivity index (χ4v) is 4.62. The SMILES string of the molecule is COc1ccc(OC)c(C(c2ccc(C)s2)N2CCC(C(=O)O)CC2)c1. The Balaban J connectivity index is 1.99. The van der Waals surface area contributed by atoms with Crippen LogP contribution in [-0.4, -0.2) is 43.3 Å². The highest BCUT2D eigenvalue weighted by Crippen LogP contribution is 2.41. The van der Waals surface area contributed by atoms with Gasteiger partial charge >= 0.3 is 5.97 Å². The van der Waals surface area contributed by atoms with Gasteiger partial charge in [-0.2, -0.15) is 0 Å². The van der Waals surface area contributed by atoms with Gasteiger partial charge in [0.15, 0.2) is 0 Å². The first-order valence-electron chi connectivity index (χ1n) is 8.78. The van der Waals surface area contributed by atoms with Crippen molar-refractivity contribution in [2.45, 2.75) is 25.8 Å². The largest absolute Gasteiger partial charge is 0.497 e. The number of aryl methyl sites for hydroxylation is 1. The fraction of sp³-hybridized carbons (Fsp3) is 0.450. The zero-order valence-corrected chi connectivity index (χ0v) is 16.2. The van der Waals surface area contributed by atoms with Gasteiger partial charge in [-0.05, 0) is 63.2 Å². The van der Waals surface area contributed by atoms with E-state index in [1.165, 1.54) is 9.75 Å². The molecule has 1 unspecified atom stereocenters. The number of hydrogen-bond donors (Lipinski definition) is 1. The van der Waals surface area contributed by atoms with Crippen LogP contribution in [0.1, 0.15) is 34.2 Å². The van der Waals surface area contributed by atoms with Crippen molar-refractivity contribution in [1.82, 2.24) is 4.90 Å². The average Bonchev–Trinajstić information content (AvgIpc) is 3.08. The molecule has 1 aliphatic heterocycles. The maximum Gasteiger partial charge on any atom is 0.306 e. The molecule has 1 atom stereocenters. The Morgan fingerprint density at radius 1 is 1.19 bits per heavy atom. The number of rotatable bonds is 6. The number of likely N-dealkylation sites (tertiary alicyclic amines) is 1. The van der Waals surface area contributed by atoms with E-state index in [0.29, 0.717) is 12.8 Å². The van der Waals surface area contributed by atoms with Gasteiger partial charge in [-0.25, -0.2) is 0 Å². The number of nitrogens with zero attached hydrogens (tertiary/aromatic N) is 1. The summed E-state index contributed by atoms with van der Waals surface area (Å²) < 4.78 is 11.1. The van der Waals surface area contributed by atoms with Crippen LogP contribution in [0.3, 0.4) is 0 Å². The summed E-state index contributed by atoms with van der Waals surface area (Å²) >= 11 is 1.77. The van der Waals surface area contributed by atoms with Crippen molar-refractivity contribution in [2.75, 3.05) is 27.3 Å². The number of carboxylic acid groups (broad SMARTS) is 1. The van der Waals surface area contributed by atoms with Crippen molar-refractivity contribution in [3.63, 3.8) is 0 Å². The summed E-state index contributed by atoms with van der Waals surface area (Å²) in [6, 6.07) is 10.2. The second-order valence-electron chi connectivity index (χ2n) is 6.61. The molecular weight excluding hydrogens is 350 g/mol. The van der Waals surface area contributed by atoms with Gasteiger partial charge in [0.2, 0.25) is 0 Å². The third kappa shape index (κ3) is 3.86. The summed E-state index contributed by atoms with van der Waals surface area (Å²) in [6.45, 7) is 3.60. The smallest absolute Gasteiger partial charge is 0.306 e. The van der Waals surface area contributed by atoms with Gasteiger partial charge in [0.1, 0.15) is 11.5 Å². The molecule has 3 rings (SSSR count). The van der Waals surface area contributed by atoms with Gasteiger partial charge < -0.3 is 14.6 Å². The van der Waals surface area contributed by atoms with Crippen LogP contribution < -0.4 is 9.47 Å². The predicted molar refractivity (Wildman–Crippen MR) is 102 cm³/mol. The van der Waals surface area contributed by atoms with Gasteiger partial charge in [-0.3, -0.25) is 9.69 Å². The van der Waals surface area contributed by atoms with Gasteiger partial charge in [0.05, 0.1) is 26.2 Å². The quantitative estimate of drug-likeness (QED) is 0.828. The van der Waals surface area contributed by atoms with E-state index >= 15 is 0 Å². The lowest BCUT2D eigenvalue weighted by atomic mass is 9.93. The monoisotopic (exact) mass is 375 g/mol. The molecule has 5 nitrogen and oxygen atoms in total. The predicted octanol–water partition coefficient (Wildman–Crippen LogP) is 3.96. The van der Waals surface area contributed by atoms with E-state index in [2.05, 4.69) is 24.0 Å². The van der Waals surface area contributed by atoms with E-state index < -0.39 is 5.97 Å². The Morgan fingerprint density at radius 3 is 2.46 bits per heavy atom. The Morgan fingerprint density at radius 2 is 1.92 bits per heavy atom. The second kappa shape index (κ2) is 8.10. The normalized spacial score (nSPS) is 17.0. The lowest BCUT2D eigenvalue weighted by molar-refractivity contribution is -0.143. The molecule has 26 heavy (non-hydrogen) atoms. The molecular formula is C20H25NO4S. The van der Waals surface area contributed by atoms with E-state index in [-0.39, 0.29) is 12.0 Å². The van der Waals surface area contributed by atoms with Crippen LogP contribution in [0.5, 0.6) is 11.5 Å². The van der Waals surface area contributed by atoms with Crippen LogP contribution in [0.2, 0.25) is 0 Å². The highest BCUT2D eigenvalue weighted by molar-refractivity contribution is 7.12. The molecule has 1 aromatic heterocycles. The molecule has 0 saturated carbocycles. The number of thiophene rings is 1. The molecule has 2 heterocycles. The third-order valence-electron chi connectivity index (χ3n) is 5.01. The van der Waals surface area contributed by atoms with Crippen molar-refractivity contribution in [1.29, 1.82) is 0 Å². The van der Waals surface area contributed by atoms with Crippen LogP contribution in [0.25, 0.3) is 0 Å². The summed E-state index contributed by atoms with van der Waals surface area (Å²) in [5.74, 6) is 0.679. The standard InChI is InChI=1S/C20H25NO4S/c1-13-4-7-18(26-13)19(21-10-8-14(9-11-21)20(22)23)16-12-15(24-2)5-6-17(16)25-3/h4-7,12,14,19H,8-11H2,1-3H3,(H,22,23). The highest BCUT2D eigenvalue weighted by atomic mass is 32.1. The van der Waals surface area contributed by atoms with Crippen LogP contribution >= 0.6 is 11.3 Å². The maximum atomic E-state index is 11.3. The zero-order valence-electron chi connectivity index (χ0n) is 15.4. The number of benzene rings is 1. The fourth-order valence-electron chi connectivity index (χ4n) is 3.59. The number of carboxylic acids is 1. The molecule has 0 aliphatic carbocycles. The average molecular weight is 375 g/mol.